The van der Waals surface area contributed by atoms with Gasteiger partial charge in [-0.3, -0.25) is 4.79 Å². The van der Waals surface area contributed by atoms with Gasteiger partial charge in [-0.05, 0) is 19.8 Å². The molecule has 0 aliphatic carbocycles. The number of ether oxygens (including phenoxy) is 1. The monoisotopic (exact) mass is 216 g/mol. The summed E-state index contributed by atoms with van der Waals surface area (Å²) in [4.78, 5) is 11.5. The first-order valence-electron chi connectivity index (χ1n) is 6.01. The molecule has 90 valence electrons. The molecule has 0 aromatic carbocycles. The van der Waals surface area contributed by atoms with Gasteiger partial charge in [0.05, 0.1) is 18.6 Å². The topological polar surface area (TPSA) is 46.5 Å². The molecular formula is C12H24O3. The van der Waals surface area contributed by atoms with Gasteiger partial charge >= 0.3 is 5.97 Å². The van der Waals surface area contributed by atoms with Crippen LogP contribution in [0.4, 0.5) is 0 Å². The predicted molar refractivity (Wildman–Crippen MR) is 60.6 cm³/mol. The Kier molecular flexibility index (Phi) is 8.38. The van der Waals surface area contributed by atoms with Crippen LogP contribution in [-0.2, 0) is 9.53 Å². The lowest BCUT2D eigenvalue weighted by Gasteiger charge is -2.19. The number of unbranched alkanes of at least 4 members (excludes halogenated alkanes) is 2. The SMILES string of the molecule is CCCCCC(O)C(CC)C(=O)OCC. The molecule has 3 nitrogen and oxygen atoms in total. The van der Waals surface area contributed by atoms with Gasteiger partial charge in [-0.2, -0.15) is 0 Å². The summed E-state index contributed by atoms with van der Waals surface area (Å²) in [7, 11) is 0. The third kappa shape index (κ3) is 5.78. The van der Waals surface area contributed by atoms with E-state index in [1.807, 2.05) is 6.92 Å². The highest BCUT2D eigenvalue weighted by molar-refractivity contribution is 5.73. The van der Waals surface area contributed by atoms with Crippen molar-refractivity contribution in [2.24, 2.45) is 5.92 Å². The van der Waals surface area contributed by atoms with E-state index in [-0.39, 0.29) is 11.9 Å². The molecule has 0 saturated carbocycles. The minimum absolute atomic E-state index is 0.260. The fourth-order valence-corrected chi connectivity index (χ4v) is 1.65. The van der Waals surface area contributed by atoms with Crippen molar-refractivity contribution in [3.8, 4) is 0 Å². The molecule has 0 aromatic rings. The van der Waals surface area contributed by atoms with Gasteiger partial charge in [-0.15, -0.1) is 0 Å². The fraction of sp³-hybridized carbons (Fsp3) is 0.917. The van der Waals surface area contributed by atoms with E-state index in [2.05, 4.69) is 6.92 Å². The van der Waals surface area contributed by atoms with Crippen LogP contribution in [0.25, 0.3) is 0 Å². The van der Waals surface area contributed by atoms with E-state index in [0.717, 1.165) is 19.3 Å². The normalized spacial score (nSPS) is 14.7. The van der Waals surface area contributed by atoms with Gasteiger partial charge in [0, 0.05) is 0 Å². The Labute approximate surface area is 92.8 Å². The summed E-state index contributed by atoms with van der Waals surface area (Å²) < 4.78 is 4.92. The van der Waals surface area contributed by atoms with Crippen LogP contribution in [0.5, 0.6) is 0 Å². The van der Waals surface area contributed by atoms with E-state index in [1.165, 1.54) is 0 Å². The van der Waals surface area contributed by atoms with Crippen LogP contribution in [0.3, 0.4) is 0 Å². The Hall–Kier alpha value is -0.570. The van der Waals surface area contributed by atoms with E-state index in [9.17, 15) is 9.90 Å². The smallest absolute Gasteiger partial charge is 0.311 e. The van der Waals surface area contributed by atoms with E-state index in [0.29, 0.717) is 19.4 Å². The molecule has 3 heteroatoms. The van der Waals surface area contributed by atoms with Crippen LogP contribution in [-0.4, -0.2) is 23.8 Å². The summed E-state index contributed by atoms with van der Waals surface area (Å²) >= 11 is 0. The number of hydrogen-bond acceptors (Lipinski definition) is 3. The zero-order valence-corrected chi connectivity index (χ0v) is 10.2. The fourth-order valence-electron chi connectivity index (χ4n) is 1.65. The number of aliphatic hydroxyl groups is 1. The van der Waals surface area contributed by atoms with Crippen molar-refractivity contribution in [3.63, 3.8) is 0 Å². The highest BCUT2D eigenvalue weighted by Crippen LogP contribution is 2.16. The molecule has 0 fully saturated rings. The first kappa shape index (κ1) is 14.4. The zero-order chi connectivity index (χ0) is 11.7. The zero-order valence-electron chi connectivity index (χ0n) is 10.2. The summed E-state index contributed by atoms with van der Waals surface area (Å²) in [6, 6.07) is 0. The van der Waals surface area contributed by atoms with Crippen molar-refractivity contribution in [1.82, 2.24) is 0 Å². The minimum Gasteiger partial charge on any atom is -0.466 e. The molecule has 0 aliphatic heterocycles. The van der Waals surface area contributed by atoms with Gasteiger partial charge in [-0.1, -0.05) is 33.1 Å². The van der Waals surface area contributed by atoms with Crippen LogP contribution in [0, 0.1) is 5.92 Å². The molecule has 0 radical (unpaired) electrons. The van der Waals surface area contributed by atoms with Crippen LogP contribution >= 0.6 is 0 Å². The minimum atomic E-state index is -0.541. The molecule has 0 spiro atoms. The van der Waals surface area contributed by atoms with Gasteiger partial charge in [0.15, 0.2) is 0 Å². The van der Waals surface area contributed by atoms with Gasteiger partial charge in [0.25, 0.3) is 0 Å². The predicted octanol–water partition coefficient (Wildman–Crippen LogP) is 2.52. The lowest BCUT2D eigenvalue weighted by atomic mass is 9.95. The highest BCUT2D eigenvalue weighted by atomic mass is 16.5. The van der Waals surface area contributed by atoms with Gasteiger partial charge < -0.3 is 9.84 Å². The average molecular weight is 216 g/mol. The number of aliphatic hydroxyl groups excluding tert-OH is 1. The van der Waals surface area contributed by atoms with Gasteiger partial charge in [-0.25, -0.2) is 0 Å². The Bertz CT molecular complexity index is 168. The number of hydrogen-bond donors (Lipinski definition) is 1. The average Bonchev–Trinajstić information content (AvgIpc) is 2.19. The molecule has 0 bridgehead atoms. The molecule has 0 aliphatic rings. The first-order valence-corrected chi connectivity index (χ1v) is 6.01. The molecule has 0 saturated heterocycles. The molecule has 2 unspecified atom stereocenters. The quantitative estimate of drug-likeness (QED) is 0.501. The van der Waals surface area contributed by atoms with E-state index in [4.69, 9.17) is 4.74 Å². The van der Waals surface area contributed by atoms with Crippen LogP contribution < -0.4 is 0 Å². The van der Waals surface area contributed by atoms with Crippen molar-refractivity contribution < 1.29 is 14.6 Å². The molecular weight excluding hydrogens is 192 g/mol. The second-order valence-corrected chi connectivity index (χ2v) is 3.83. The third-order valence-corrected chi connectivity index (χ3v) is 2.60. The van der Waals surface area contributed by atoms with Crippen molar-refractivity contribution >= 4 is 5.97 Å². The maximum Gasteiger partial charge on any atom is 0.311 e. The Morgan fingerprint density at radius 3 is 2.40 bits per heavy atom. The van der Waals surface area contributed by atoms with E-state index >= 15 is 0 Å². The van der Waals surface area contributed by atoms with Crippen molar-refractivity contribution in [2.45, 2.75) is 59.0 Å². The third-order valence-electron chi connectivity index (χ3n) is 2.60. The second-order valence-electron chi connectivity index (χ2n) is 3.83. The summed E-state index contributed by atoms with van der Waals surface area (Å²) in [6.45, 7) is 6.20. The summed E-state index contributed by atoms with van der Waals surface area (Å²) in [6.07, 6.45) is 4.02. The van der Waals surface area contributed by atoms with Crippen molar-refractivity contribution in [2.75, 3.05) is 6.61 Å². The first-order chi connectivity index (χ1) is 7.17. The molecule has 0 amide bonds. The molecule has 0 rings (SSSR count). The Morgan fingerprint density at radius 2 is 1.93 bits per heavy atom. The summed E-state index contributed by atoms with van der Waals surface area (Å²) in [5.41, 5.74) is 0. The largest absolute Gasteiger partial charge is 0.466 e. The maximum absolute atomic E-state index is 11.5. The van der Waals surface area contributed by atoms with Crippen LogP contribution in [0.15, 0.2) is 0 Å². The standard InChI is InChI=1S/C12H24O3/c1-4-7-8-9-11(13)10(5-2)12(14)15-6-3/h10-11,13H,4-9H2,1-3H3. The molecule has 2 atom stereocenters. The van der Waals surface area contributed by atoms with Gasteiger partial charge in [0.1, 0.15) is 0 Å². The van der Waals surface area contributed by atoms with Gasteiger partial charge in [0.2, 0.25) is 0 Å². The number of esters is 1. The highest BCUT2D eigenvalue weighted by Gasteiger charge is 2.25. The molecule has 1 N–H and O–H groups in total. The Balaban J connectivity index is 3.97. The maximum atomic E-state index is 11.5. The number of rotatable bonds is 8. The van der Waals surface area contributed by atoms with Crippen LogP contribution in [0.2, 0.25) is 0 Å². The lowest BCUT2D eigenvalue weighted by Crippen LogP contribution is -2.29. The summed E-state index contributed by atoms with van der Waals surface area (Å²) in [5, 5.41) is 9.83. The van der Waals surface area contributed by atoms with Crippen molar-refractivity contribution in [1.29, 1.82) is 0 Å². The molecule has 15 heavy (non-hydrogen) atoms. The summed E-state index contributed by atoms with van der Waals surface area (Å²) in [5.74, 6) is -0.606. The van der Waals surface area contributed by atoms with Crippen molar-refractivity contribution in [3.05, 3.63) is 0 Å². The molecule has 0 aromatic heterocycles. The molecule has 0 heterocycles. The van der Waals surface area contributed by atoms with Crippen LogP contribution in [0.1, 0.15) is 52.9 Å². The van der Waals surface area contributed by atoms with E-state index in [1.54, 1.807) is 6.92 Å². The van der Waals surface area contributed by atoms with E-state index < -0.39 is 6.10 Å². The number of carbonyl (C=O) groups excluding carboxylic acids is 1. The Morgan fingerprint density at radius 1 is 1.27 bits per heavy atom. The second kappa shape index (κ2) is 8.72. The lowest BCUT2D eigenvalue weighted by molar-refractivity contribution is -0.152. The number of carbonyl (C=O) groups is 1.